The molecule has 5 nitrogen and oxygen atoms in total. The molecule has 2 amide bonds. The van der Waals surface area contributed by atoms with Gasteiger partial charge in [-0.15, -0.1) is 0 Å². The second kappa shape index (κ2) is 9.51. The predicted molar refractivity (Wildman–Crippen MR) is 103 cm³/mol. The molecule has 148 valence electrons. The zero-order chi connectivity index (χ0) is 19.2. The molecule has 3 rings (SSSR count). The molecule has 2 fully saturated rings. The van der Waals surface area contributed by atoms with E-state index in [0.717, 1.165) is 38.8 Å². The number of hydrogen-bond acceptors (Lipinski definition) is 3. The van der Waals surface area contributed by atoms with Crippen LogP contribution < -0.4 is 5.32 Å². The summed E-state index contributed by atoms with van der Waals surface area (Å²) in [5, 5.41) is 3.17. The molecule has 0 aliphatic carbocycles. The van der Waals surface area contributed by atoms with Crippen molar-refractivity contribution in [1.82, 2.24) is 15.1 Å². The molecule has 0 spiro atoms. The molecule has 2 aliphatic rings. The lowest BCUT2D eigenvalue weighted by molar-refractivity contribution is -0.139. The summed E-state index contributed by atoms with van der Waals surface area (Å²) in [5.74, 6) is -0.556. The number of carbonyl (C=O) groups is 2. The zero-order valence-corrected chi connectivity index (χ0v) is 16.3. The van der Waals surface area contributed by atoms with Crippen LogP contribution in [0.25, 0.3) is 0 Å². The van der Waals surface area contributed by atoms with E-state index in [1.807, 2.05) is 9.80 Å². The van der Waals surface area contributed by atoms with E-state index in [1.165, 1.54) is 12.5 Å². The number of piperazine rings is 1. The van der Waals surface area contributed by atoms with E-state index >= 15 is 0 Å². The number of nitrogens with one attached hydrogen (secondary N) is 1. The molecular weight excluding hydrogens is 369 g/mol. The molecule has 1 aromatic rings. The molecule has 0 radical (unpaired) electrons. The van der Waals surface area contributed by atoms with Crippen molar-refractivity contribution in [2.75, 3.05) is 26.2 Å². The summed E-state index contributed by atoms with van der Waals surface area (Å²) in [6.07, 6.45) is 5.66. The highest BCUT2D eigenvalue weighted by molar-refractivity contribution is 6.31. The normalized spacial score (nSPS) is 22.1. The van der Waals surface area contributed by atoms with Crippen LogP contribution in [0.3, 0.4) is 0 Å². The Morgan fingerprint density at radius 1 is 1.15 bits per heavy atom. The fraction of sp³-hybridized carbons (Fsp3) is 0.600. The third-order valence-electron chi connectivity index (χ3n) is 5.44. The smallest absolute Gasteiger partial charge is 0.237 e. The number of likely N-dealkylation sites (tertiary alicyclic amines) is 1. The number of halogens is 2. The van der Waals surface area contributed by atoms with Crippen LogP contribution in [0.1, 0.15) is 44.1 Å². The summed E-state index contributed by atoms with van der Waals surface area (Å²) >= 11 is 6.15. The number of rotatable bonds is 4. The van der Waals surface area contributed by atoms with Gasteiger partial charge in [0.25, 0.3) is 0 Å². The molecule has 2 heterocycles. The fourth-order valence-corrected chi connectivity index (χ4v) is 4.07. The molecule has 0 aromatic heterocycles. The van der Waals surface area contributed by atoms with E-state index in [9.17, 15) is 14.0 Å². The molecule has 2 saturated heterocycles. The van der Waals surface area contributed by atoms with Gasteiger partial charge in [0.2, 0.25) is 11.8 Å². The van der Waals surface area contributed by atoms with Gasteiger partial charge < -0.3 is 10.2 Å². The van der Waals surface area contributed by atoms with Crippen molar-refractivity contribution < 1.29 is 14.0 Å². The van der Waals surface area contributed by atoms with Crippen molar-refractivity contribution in [3.63, 3.8) is 0 Å². The van der Waals surface area contributed by atoms with E-state index in [-0.39, 0.29) is 30.6 Å². The van der Waals surface area contributed by atoms with Crippen LogP contribution in [0.15, 0.2) is 18.2 Å². The number of amides is 2. The Morgan fingerprint density at radius 3 is 2.56 bits per heavy atom. The lowest BCUT2D eigenvalue weighted by Gasteiger charge is -2.36. The molecule has 0 unspecified atom stereocenters. The molecule has 1 atom stereocenters. The van der Waals surface area contributed by atoms with Gasteiger partial charge in [0.05, 0.1) is 12.5 Å². The maximum absolute atomic E-state index is 14.2. The molecule has 7 heteroatoms. The Bertz CT molecular complexity index is 657. The topological polar surface area (TPSA) is 52.7 Å². The van der Waals surface area contributed by atoms with E-state index in [0.29, 0.717) is 23.7 Å². The first kappa shape index (κ1) is 20.1. The highest BCUT2D eigenvalue weighted by atomic mass is 35.5. The van der Waals surface area contributed by atoms with Crippen LogP contribution in [-0.2, 0) is 16.1 Å². The summed E-state index contributed by atoms with van der Waals surface area (Å²) in [4.78, 5) is 29.0. The van der Waals surface area contributed by atoms with Crippen LogP contribution in [-0.4, -0.2) is 53.8 Å². The second-order valence-electron chi connectivity index (χ2n) is 7.33. The summed E-state index contributed by atoms with van der Waals surface area (Å²) in [7, 11) is 0. The van der Waals surface area contributed by atoms with Crippen LogP contribution >= 0.6 is 11.6 Å². The molecule has 27 heavy (non-hydrogen) atoms. The van der Waals surface area contributed by atoms with E-state index < -0.39 is 6.04 Å². The number of benzene rings is 1. The Labute approximate surface area is 164 Å². The van der Waals surface area contributed by atoms with E-state index in [1.54, 1.807) is 12.1 Å². The predicted octanol–water partition coefficient (Wildman–Crippen LogP) is 2.96. The Hall–Kier alpha value is -1.66. The second-order valence-corrected chi connectivity index (χ2v) is 7.74. The minimum absolute atomic E-state index is 0.00332. The van der Waals surface area contributed by atoms with Gasteiger partial charge in [-0.2, -0.15) is 0 Å². The first-order valence-electron chi connectivity index (χ1n) is 9.78. The maximum Gasteiger partial charge on any atom is 0.237 e. The lowest BCUT2D eigenvalue weighted by Crippen LogP contribution is -2.56. The number of hydrogen-bond donors (Lipinski definition) is 1. The van der Waals surface area contributed by atoms with E-state index in [2.05, 4.69) is 5.32 Å². The first-order valence-corrected chi connectivity index (χ1v) is 10.2. The van der Waals surface area contributed by atoms with Crippen molar-refractivity contribution in [3.05, 3.63) is 34.6 Å². The molecule has 1 aromatic carbocycles. The molecule has 2 aliphatic heterocycles. The van der Waals surface area contributed by atoms with Crippen LogP contribution in [0.2, 0.25) is 5.02 Å². The van der Waals surface area contributed by atoms with Crippen LogP contribution in [0, 0.1) is 5.82 Å². The third kappa shape index (κ3) is 5.20. The van der Waals surface area contributed by atoms with Crippen molar-refractivity contribution in [1.29, 1.82) is 0 Å². The lowest BCUT2D eigenvalue weighted by atomic mass is 10.0. The van der Waals surface area contributed by atoms with E-state index in [4.69, 9.17) is 11.6 Å². The van der Waals surface area contributed by atoms with Gasteiger partial charge in [-0.3, -0.25) is 14.5 Å². The standard InChI is InChI=1S/C20H27ClFN3O2/c21-16-7-6-8-17(22)15(16)14-25-12-9-23-20(27)18(25)13-19(26)24-10-4-2-1-3-5-11-24/h6-8,18H,1-5,9-14H2,(H,23,27)/t18-/m0/s1. The monoisotopic (exact) mass is 395 g/mol. The third-order valence-corrected chi connectivity index (χ3v) is 5.80. The van der Waals surface area contributed by atoms with Crippen molar-refractivity contribution >= 4 is 23.4 Å². The molecular formula is C20H27ClFN3O2. The van der Waals surface area contributed by atoms with Gasteiger partial charge in [0, 0.05) is 43.3 Å². The average molecular weight is 396 g/mol. The molecule has 0 bridgehead atoms. The fourth-order valence-electron chi connectivity index (χ4n) is 3.85. The van der Waals surface area contributed by atoms with Gasteiger partial charge in [0.15, 0.2) is 0 Å². The SMILES string of the molecule is O=C1NCCN(Cc2c(F)cccc2Cl)[C@H]1CC(=O)N1CCCCCCC1. The quantitative estimate of drug-likeness (QED) is 0.852. The number of carbonyl (C=O) groups excluding carboxylic acids is 2. The van der Waals surface area contributed by atoms with Gasteiger partial charge >= 0.3 is 0 Å². The minimum atomic E-state index is -0.590. The highest BCUT2D eigenvalue weighted by Crippen LogP contribution is 2.23. The molecule has 0 saturated carbocycles. The van der Waals surface area contributed by atoms with Gasteiger partial charge in [-0.05, 0) is 25.0 Å². The Kier molecular flexibility index (Phi) is 7.07. The van der Waals surface area contributed by atoms with Gasteiger partial charge in [-0.25, -0.2) is 4.39 Å². The first-order chi connectivity index (χ1) is 13.1. The summed E-state index contributed by atoms with van der Waals surface area (Å²) in [6.45, 7) is 2.78. The maximum atomic E-state index is 14.2. The molecule has 1 N–H and O–H groups in total. The van der Waals surface area contributed by atoms with Gasteiger partial charge in [-0.1, -0.05) is 36.9 Å². The summed E-state index contributed by atoms with van der Waals surface area (Å²) in [6, 6.07) is 3.98. The zero-order valence-electron chi connectivity index (χ0n) is 15.6. The van der Waals surface area contributed by atoms with Crippen LogP contribution in [0.5, 0.6) is 0 Å². The van der Waals surface area contributed by atoms with Crippen molar-refractivity contribution in [2.24, 2.45) is 0 Å². The van der Waals surface area contributed by atoms with Crippen molar-refractivity contribution in [3.8, 4) is 0 Å². The Balaban J connectivity index is 1.70. The summed E-state index contributed by atoms with van der Waals surface area (Å²) in [5.41, 5.74) is 0.373. The average Bonchev–Trinajstić information content (AvgIpc) is 2.60. The highest BCUT2D eigenvalue weighted by Gasteiger charge is 2.33. The van der Waals surface area contributed by atoms with Crippen LogP contribution in [0.4, 0.5) is 4.39 Å². The van der Waals surface area contributed by atoms with Crippen molar-refractivity contribution in [2.45, 2.75) is 51.1 Å². The van der Waals surface area contributed by atoms with Gasteiger partial charge in [0.1, 0.15) is 5.82 Å². The minimum Gasteiger partial charge on any atom is -0.353 e. The summed E-state index contributed by atoms with van der Waals surface area (Å²) < 4.78 is 14.2. The Morgan fingerprint density at radius 2 is 1.85 bits per heavy atom. The number of nitrogens with zero attached hydrogens (tertiary/aromatic N) is 2. The largest absolute Gasteiger partial charge is 0.353 e.